The molecule has 0 aromatic rings. The zero-order chi connectivity index (χ0) is 12.3. The van der Waals surface area contributed by atoms with Crippen molar-refractivity contribution in [1.29, 1.82) is 0 Å². The van der Waals surface area contributed by atoms with E-state index in [0.29, 0.717) is 6.42 Å². The maximum absolute atomic E-state index is 11.5. The van der Waals surface area contributed by atoms with Crippen LogP contribution in [0.15, 0.2) is 0 Å². The Bertz CT molecular complexity index is 381. The third-order valence-electron chi connectivity index (χ3n) is 2.41. The zero-order valence-electron chi connectivity index (χ0n) is 8.76. The summed E-state index contributed by atoms with van der Waals surface area (Å²) in [5.74, 6) is -1.52. The predicted octanol–water partition coefficient (Wildman–Crippen LogP) is -1.34. The Labute approximate surface area is 93.3 Å². The van der Waals surface area contributed by atoms with Crippen molar-refractivity contribution in [2.24, 2.45) is 0 Å². The van der Waals surface area contributed by atoms with Crippen LogP contribution in [-0.2, 0) is 19.6 Å². The van der Waals surface area contributed by atoms with Crippen LogP contribution in [0.1, 0.15) is 19.8 Å². The monoisotopic (exact) mass is 250 g/mol. The van der Waals surface area contributed by atoms with Crippen LogP contribution in [0, 0.1) is 0 Å². The van der Waals surface area contributed by atoms with Gasteiger partial charge in [0.25, 0.3) is 0 Å². The number of rotatable bonds is 4. The summed E-state index contributed by atoms with van der Waals surface area (Å²) >= 11 is 0. The lowest BCUT2D eigenvalue weighted by Crippen LogP contribution is -2.50. The van der Waals surface area contributed by atoms with Crippen LogP contribution in [0.4, 0.5) is 0 Å². The van der Waals surface area contributed by atoms with E-state index in [0.717, 1.165) is 6.92 Å². The van der Waals surface area contributed by atoms with E-state index < -0.39 is 27.3 Å². The van der Waals surface area contributed by atoms with Crippen LogP contribution in [0.3, 0.4) is 0 Å². The van der Waals surface area contributed by atoms with E-state index in [2.05, 4.69) is 10.0 Å². The zero-order valence-corrected chi connectivity index (χ0v) is 9.58. The first-order valence-corrected chi connectivity index (χ1v) is 6.38. The third kappa shape index (κ3) is 3.17. The number of hydrogen-bond donors (Lipinski definition) is 3. The molecular weight excluding hydrogens is 236 g/mol. The summed E-state index contributed by atoms with van der Waals surface area (Å²) < 4.78 is 25.3. The van der Waals surface area contributed by atoms with Crippen molar-refractivity contribution >= 4 is 21.9 Å². The number of amides is 1. The quantitative estimate of drug-likeness (QED) is 0.571. The minimum Gasteiger partial charge on any atom is -0.480 e. The molecular formula is C8H14N2O5S. The van der Waals surface area contributed by atoms with E-state index in [1.54, 1.807) is 0 Å². The molecule has 0 aromatic carbocycles. The van der Waals surface area contributed by atoms with Crippen molar-refractivity contribution in [1.82, 2.24) is 10.0 Å². The number of carbonyl (C=O) groups is 2. The summed E-state index contributed by atoms with van der Waals surface area (Å²) in [5, 5.41) is 9.61. The molecule has 0 radical (unpaired) electrons. The molecule has 2 unspecified atom stereocenters. The van der Waals surface area contributed by atoms with Gasteiger partial charge in [0.1, 0.15) is 0 Å². The molecule has 1 heterocycles. The lowest BCUT2D eigenvalue weighted by Gasteiger charge is -2.24. The summed E-state index contributed by atoms with van der Waals surface area (Å²) in [6.07, 6.45) is 0.631. The molecule has 1 aliphatic heterocycles. The number of carboxylic acid groups (broad SMARTS) is 1. The van der Waals surface area contributed by atoms with Crippen LogP contribution >= 0.6 is 0 Å². The SMILES string of the molecule is CC(C(=O)O)S(=O)(=O)NC1CCC(=O)NC1. The number of hydrogen-bond acceptors (Lipinski definition) is 4. The van der Waals surface area contributed by atoms with E-state index in [9.17, 15) is 18.0 Å². The Morgan fingerprint density at radius 1 is 1.62 bits per heavy atom. The minimum atomic E-state index is -3.88. The molecule has 92 valence electrons. The number of piperidine rings is 1. The summed E-state index contributed by atoms with van der Waals surface area (Å²) in [4.78, 5) is 21.4. The maximum Gasteiger partial charge on any atom is 0.323 e. The number of aliphatic carboxylic acids is 1. The Morgan fingerprint density at radius 2 is 2.25 bits per heavy atom. The van der Waals surface area contributed by atoms with Crippen LogP contribution in [0.25, 0.3) is 0 Å². The van der Waals surface area contributed by atoms with E-state index in [4.69, 9.17) is 5.11 Å². The molecule has 1 fully saturated rings. The van der Waals surface area contributed by atoms with Crippen molar-refractivity contribution in [2.75, 3.05) is 6.54 Å². The van der Waals surface area contributed by atoms with Gasteiger partial charge >= 0.3 is 5.97 Å². The Kier molecular flexibility index (Phi) is 3.87. The van der Waals surface area contributed by atoms with Gasteiger partial charge in [0.05, 0.1) is 0 Å². The summed E-state index contributed by atoms with van der Waals surface area (Å²) in [6.45, 7) is 1.30. The van der Waals surface area contributed by atoms with Gasteiger partial charge in [-0.1, -0.05) is 0 Å². The molecule has 0 bridgehead atoms. The number of carboxylic acids is 1. The molecule has 3 N–H and O–H groups in total. The van der Waals surface area contributed by atoms with Crippen LogP contribution in [0.2, 0.25) is 0 Å². The fourth-order valence-electron chi connectivity index (χ4n) is 1.30. The summed E-state index contributed by atoms with van der Waals surface area (Å²) in [7, 11) is -3.88. The highest BCUT2D eigenvalue weighted by atomic mass is 32.2. The summed E-state index contributed by atoms with van der Waals surface area (Å²) in [6, 6.07) is -0.426. The Balaban J connectivity index is 2.60. The predicted molar refractivity (Wildman–Crippen MR) is 55.2 cm³/mol. The van der Waals surface area contributed by atoms with Crippen molar-refractivity contribution < 1.29 is 23.1 Å². The first kappa shape index (κ1) is 12.9. The van der Waals surface area contributed by atoms with Gasteiger partial charge in [0.15, 0.2) is 5.25 Å². The molecule has 2 atom stereocenters. The number of nitrogens with one attached hydrogen (secondary N) is 2. The molecule has 1 saturated heterocycles. The molecule has 0 aromatic heterocycles. The fraction of sp³-hybridized carbons (Fsp3) is 0.750. The van der Waals surface area contributed by atoms with Crippen molar-refractivity contribution in [2.45, 2.75) is 31.1 Å². The molecule has 8 heteroatoms. The van der Waals surface area contributed by atoms with Crippen molar-refractivity contribution in [3.05, 3.63) is 0 Å². The van der Waals surface area contributed by atoms with Gasteiger partial charge in [-0.15, -0.1) is 0 Å². The molecule has 7 nitrogen and oxygen atoms in total. The molecule has 0 aliphatic carbocycles. The molecule has 1 rings (SSSR count). The number of carbonyl (C=O) groups excluding carboxylic acids is 1. The van der Waals surface area contributed by atoms with E-state index in [-0.39, 0.29) is 18.9 Å². The first-order valence-electron chi connectivity index (χ1n) is 4.83. The first-order chi connectivity index (χ1) is 7.33. The average molecular weight is 250 g/mol. The van der Waals surface area contributed by atoms with Crippen LogP contribution < -0.4 is 10.0 Å². The highest BCUT2D eigenvalue weighted by Gasteiger charge is 2.31. The second-order valence-electron chi connectivity index (χ2n) is 3.68. The Hall–Kier alpha value is -1.15. The largest absolute Gasteiger partial charge is 0.480 e. The van der Waals surface area contributed by atoms with Crippen molar-refractivity contribution in [3.8, 4) is 0 Å². The van der Waals surface area contributed by atoms with E-state index in [1.807, 2.05) is 0 Å². The van der Waals surface area contributed by atoms with E-state index in [1.165, 1.54) is 0 Å². The highest BCUT2D eigenvalue weighted by molar-refractivity contribution is 7.90. The molecule has 0 spiro atoms. The third-order valence-corrected chi connectivity index (χ3v) is 4.20. The van der Waals surface area contributed by atoms with Gasteiger partial charge in [-0.2, -0.15) is 0 Å². The summed E-state index contributed by atoms with van der Waals surface area (Å²) in [5.41, 5.74) is 0. The smallest absolute Gasteiger partial charge is 0.323 e. The van der Waals surface area contributed by atoms with Crippen molar-refractivity contribution in [3.63, 3.8) is 0 Å². The maximum atomic E-state index is 11.5. The van der Waals surface area contributed by atoms with Gasteiger partial charge in [-0.05, 0) is 13.3 Å². The van der Waals surface area contributed by atoms with Gasteiger partial charge < -0.3 is 10.4 Å². The molecule has 0 saturated carbocycles. The fourth-order valence-corrected chi connectivity index (χ4v) is 2.44. The minimum absolute atomic E-state index is 0.123. The van der Waals surface area contributed by atoms with Gasteiger partial charge in [-0.25, -0.2) is 13.1 Å². The van der Waals surface area contributed by atoms with Gasteiger partial charge in [0.2, 0.25) is 15.9 Å². The highest BCUT2D eigenvalue weighted by Crippen LogP contribution is 2.07. The molecule has 1 aliphatic rings. The van der Waals surface area contributed by atoms with Gasteiger partial charge in [-0.3, -0.25) is 9.59 Å². The number of sulfonamides is 1. The average Bonchev–Trinajstić information content (AvgIpc) is 2.20. The molecule has 1 amide bonds. The lowest BCUT2D eigenvalue weighted by atomic mass is 10.1. The molecule has 16 heavy (non-hydrogen) atoms. The standard InChI is InChI=1S/C8H14N2O5S/c1-5(8(12)13)16(14,15)10-6-2-3-7(11)9-4-6/h5-6,10H,2-4H2,1H3,(H,9,11)(H,12,13). The topological polar surface area (TPSA) is 113 Å². The normalized spacial score (nSPS) is 23.6. The second-order valence-corrected chi connectivity index (χ2v) is 5.72. The van der Waals surface area contributed by atoms with E-state index >= 15 is 0 Å². The Morgan fingerprint density at radius 3 is 2.69 bits per heavy atom. The van der Waals surface area contributed by atoms with Crippen LogP contribution in [0.5, 0.6) is 0 Å². The van der Waals surface area contributed by atoms with Crippen LogP contribution in [-0.4, -0.2) is 43.2 Å². The second kappa shape index (κ2) is 4.79. The lowest BCUT2D eigenvalue weighted by molar-refractivity contribution is -0.136. The van der Waals surface area contributed by atoms with Gasteiger partial charge in [0, 0.05) is 19.0 Å².